The average Bonchev–Trinajstić information content (AvgIpc) is 2.75. The third-order valence-electron chi connectivity index (χ3n) is 5.74. The molecular weight excluding hydrogens is 496 g/mol. The summed E-state index contributed by atoms with van der Waals surface area (Å²) in [6.45, 7) is -0.856. The summed E-state index contributed by atoms with van der Waals surface area (Å²) in [6, 6.07) is 5.64. The van der Waals surface area contributed by atoms with Crippen LogP contribution in [-0.2, 0) is 31.3 Å². The highest BCUT2D eigenvalue weighted by atomic mass is 32.2. The molecule has 1 N–H and O–H groups in total. The van der Waals surface area contributed by atoms with Gasteiger partial charge in [-0.3, -0.25) is 0 Å². The van der Waals surface area contributed by atoms with Crippen molar-refractivity contribution in [2.45, 2.75) is 53.6 Å². The highest BCUT2D eigenvalue weighted by molar-refractivity contribution is 7.92. The van der Waals surface area contributed by atoms with Gasteiger partial charge in [0.1, 0.15) is 23.1 Å². The summed E-state index contributed by atoms with van der Waals surface area (Å²) in [5.74, 6) is -1.96. The number of hydrogen-bond acceptors (Lipinski definition) is 4. The molecule has 5 nitrogen and oxygen atoms in total. The fourth-order valence-electron chi connectivity index (χ4n) is 4.00. The molecule has 13 heteroatoms. The van der Waals surface area contributed by atoms with Crippen molar-refractivity contribution in [3.05, 3.63) is 65.2 Å². The Kier molecular flexibility index (Phi) is 6.89. The summed E-state index contributed by atoms with van der Waals surface area (Å²) < 4.78 is 129. The van der Waals surface area contributed by atoms with Gasteiger partial charge in [-0.15, -0.1) is 0 Å². The molecule has 0 aliphatic heterocycles. The molecule has 0 aromatic heterocycles. The SMILES string of the molecule is O=S(=O)(NC1CCC(c2cc(F)ccc2F)(S(=O)(=O)c2ccc(CF)cc2)CC1)C(F)(F)F. The van der Waals surface area contributed by atoms with Crippen LogP contribution in [0, 0.1) is 11.6 Å². The van der Waals surface area contributed by atoms with Gasteiger partial charge in [-0.2, -0.15) is 13.2 Å². The van der Waals surface area contributed by atoms with E-state index in [1.807, 2.05) is 0 Å². The van der Waals surface area contributed by atoms with Gasteiger partial charge in [-0.1, -0.05) is 12.1 Å². The maximum absolute atomic E-state index is 14.7. The minimum absolute atomic E-state index is 0.185. The standard InChI is InChI=1S/C20H19F6NO4S2/c21-12-13-1-4-16(5-2-13)32(28,29)19(17-11-14(22)3-6-18(17)23)9-7-15(8-10-19)27-33(30,31)20(24,25)26/h1-6,11,15,27H,7-10,12H2. The van der Waals surface area contributed by atoms with Crippen LogP contribution in [0.15, 0.2) is 47.4 Å². The molecule has 0 amide bonds. The lowest BCUT2D eigenvalue weighted by molar-refractivity contribution is -0.0452. The third kappa shape index (κ3) is 4.76. The van der Waals surface area contributed by atoms with Crippen LogP contribution < -0.4 is 4.72 Å². The van der Waals surface area contributed by atoms with Crippen molar-refractivity contribution in [3.8, 4) is 0 Å². The van der Waals surface area contributed by atoms with Crippen molar-refractivity contribution < 1.29 is 43.2 Å². The molecule has 3 rings (SSSR count). The Bertz CT molecular complexity index is 1220. The van der Waals surface area contributed by atoms with Crippen molar-refractivity contribution in [1.29, 1.82) is 0 Å². The van der Waals surface area contributed by atoms with Crippen molar-refractivity contribution in [2.24, 2.45) is 0 Å². The molecule has 33 heavy (non-hydrogen) atoms. The molecule has 2 aromatic carbocycles. The second-order valence-corrected chi connectivity index (χ2v) is 11.7. The topological polar surface area (TPSA) is 80.3 Å². The maximum atomic E-state index is 14.7. The van der Waals surface area contributed by atoms with E-state index in [4.69, 9.17) is 0 Å². The lowest BCUT2D eigenvalue weighted by Gasteiger charge is -2.40. The van der Waals surface area contributed by atoms with Gasteiger partial charge in [-0.05, 0) is 61.6 Å². The molecule has 1 fully saturated rings. The monoisotopic (exact) mass is 515 g/mol. The number of sulfonamides is 1. The predicted molar refractivity (Wildman–Crippen MR) is 107 cm³/mol. The Labute approximate surface area is 186 Å². The summed E-state index contributed by atoms with van der Waals surface area (Å²) in [4.78, 5) is -0.308. The van der Waals surface area contributed by atoms with Gasteiger partial charge in [0.05, 0.1) is 4.90 Å². The van der Waals surface area contributed by atoms with E-state index >= 15 is 0 Å². The Balaban J connectivity index is 2.05. The molecule has 1 saturated carbocycles. The van der Waals surface area contributed by atoms with E-state index in [1.54, 1.807) is 0 Å². The number of halogens is 6. The first-order chi connectivity index (χ1) is 15.2. The second-order valence-electron chi connectivity index (χ2n) is 7.74. The second kappa shape index (κ2) is 8.91. The fourth-order valence-corrected chi connectivity index (χ4v) is 6.97. The van der Waals surface area contributed by atoms with Gasteiger partial charge in [0.2, 0.25) is 0 Å². The fraction of sp³-hybridized carbons (Fsp3) is 0.400. The summed E-state index contributed by atoms with van der Waals surface area (Å²) in [7, 11) is -10.1. The van der Waals surface area contributed by atoms with Gasteiger partial charge >= 0.3 is 15.5 Å². The average molecular weight is 515 g/mol. The van der Waals surface area contributed by atoms with Gasteiger partial charge in [-0.25, -0.2) is 34.7 Å². The van der Waals surface area contributed by atoms with Crippen LogP contribution in [0.3, 0.4) is 0 Å². The van der Waals surface area contributed by atoms with Crippen LogP contribution in [0.2, 0.25) is 0 Å². The van der Waals surface area contributed by atoms with Crippen LogP contribution in [0.25, 0.3) is 0 Å². The largest absolute Gasteiger partial charge is 0.511 e. The molecule has 0 saturated heterocycles. The zero-order valence-electron chi connectivity index (χ0n) is 16.9. The Morgan fingerprint density at radius 3 is 2.03 bits per heavy atom. The van der Waals surface area contributed by atoms with E-state index in [2.05, 4.69) is 0 Å². The highest BCUT2D eigenvalue weighted by Gasteiger charge is 2.52. The minimum Gasteiger partial charge on any atom is -0.246 e. The van der Waals surface area contributed by atoms with Crippen molar-refractivity contribution in [2.75, 3.05) is 0 Å². The summed E-state index contributed by atoms with van der Waals surface area (Å²) >= 11 is 0. The number of rotatable bonds is 6. The lowest BCUT2D eigenvalue weighted by Crippen LogP contribution is -2.48. The molecule has 0 radical (unpaired) electrons. The first kappa shape index (κ1) is 25.5. The number of hydrogen-bond donors (Lipinski definition) is 1. The molecule has 2 aromatic rings. The zero-order chi connectivity index (χ0) is 24.7. The first-order valence-corrected chi connectivity index (χ1v) is 12.6. The van der Waals surface area contributed by atoms with Crippen LogP contribution in [0.4, 0.5) is 26.3 Å². The molecule has 182 valence electrons. The Morgan fingerprint density at radius 2 is 1.52 bits per heavy atom. The van der Waals surface area contributed by atoms with E-state index in [-0.39, 0.29) is 23.3 Å². The van der Waals surface area contributed by atoms with Crippen LogP contribution in [0.5, 0.6) is 0 Å². The minimum atomic E-state index is -5.68. The number of sulfone groups is 1. The quantitative estimate of drug-likeness (QED) is 0.576. The number of benzene rings is 2. The maximum Gasteiger partial charge on any atom is 0.511 e. The van der Waals surface area contributed by atoms with Gasteiger partial charge in [0.25, 0.3) is 0 Å². The molecular formula is C20H19F6NO4S2. The summed E-state index contributed by atoms with van der Waals surface area (Å²) in [5.41, 5.74) is -5.88. The molecule has 1 aliphatic rings. The van der Waals surface area contributed by atoms with Crippen LogP contribution >= 0.6 is 0 Å². The molecule has 0 bridgehead atoms. The van der Waals surface area contributed by atoms with Gasteiger partial charge in [0, 0.05) is 11.6 Å². The summed E-state index contributed by atoms with van der Waals surface area (Å²) in [5, 5.41) is 0. The normalized spacial score (nSPS) is 22.3. The molecule has 0 atom stereocenters. The van der Waals surface area contributed by atoms with E-state index in [0.717, 1.165) is 24.3 Å². The molecule has 0 spiro atoms. The van der Waals surface area contributed by atoms with Crippen LogP contribution in [-0.4, -0.2) is 28.4 Å². The lowest BCUT2D eigenvalue weighted by atomic mass is 9.80. The van der Waals surface area contributed by atoms with E-state index in [0.29, 0.717) is 6.07 Å². The number of alkyl halides is 4. The predicted octanol–water partition coefficient (Wildman–Crippen LogP) is 4.49. The smallest absolute Gasteiger partial charge is 0.246 e. The zero-order valence-corrected chi connectivity index (χ0v) is 18.5. The highest BCUT2D eigenvalue weighted by Crippen LogP contribution is 2.48. The van der Waals surface area contributed by atoms with Crippen LogP contribution in [0.1, 0.15) is 36.8 Å². The molecule has 1 aliphatic carbocycles. The van der Waals surface area contributed by atoms with Gasteiger partial charge in [0.15, 0.2) is 9.84 Å². The van der Waals surface area contributed by atoms with E-state index in [9.17, 15) is 43.2 Å². The van der Waals surface area contributed by atoms with Crippen molar-refractivity contribution in [1.82, 2.24) is 4.72 Å². The molecule has 0 heterocycles. The van der Waals surface area contributed by atoms with Crippen molar-refractivity contribution in [3.63, 3.8) is 0 Å². The Morgan fingerprint density at radius 1 is 0.939 bits per heavy atom. The molecule has 0 unspecified atom stereocenters. The van der Waals surface area contributed by atoms with Gasteiger partial charge < -0.3 is 0 Å². The van der Waals surface area contributed by atoms with Crippen molar-refractivity contribution >= 4 is 19.9 Å². The first-order valence-electron chi connectivity index (χ1n) is 9.67. The van der Waals surface area contributed by atoms with E-state index in [1.165, 1.54) is 16.9 Å². The van der Waals surface area contributed by atoms with E-state index < -0.39 is 72.9 Å². The Hall–Kier alpha value is -2.12. The summed E-state index contributed by atoms with van der Waals surface area (Å²) in [6.07, 6.45) is -1.72. The number of nitrogens with one attached hydrogen (secondary N) is 1. The third-order valence-corrected chi connectivity index (χ3v) is 9.54.